The molecular weight excluding hydrogens is 334 g/mol. The Labute approximate surface area is 145 Å². The van der Waals surface area contributed by atoms with Gasteiger partial charge in [-0.15, -0.1) is 5.10 Å². The minimum Gasteiger partial charge on any atom is -0.461 e. The molecule has 120 valence electrons. The Morgan fingerprint density at radius 1 is 1.04 bits per heavy atom. The van der Waals surface area contributed by atoms with Crippen LogP contribution in [0.25, 0.3) is 33.4 Å². The van der Waals surface area contributed by atoms with Crippen LogP contribution in [0.5, 0.6) is 0 Å². The van der Waals surface area contributed by atoms with Gasteiger partial charge in [-0.05, 0) is 34.5 Å². The number of fused-ring (bicyclic) bond motifs is 2. The van der Waals surface area contributed by atoms with E-state index in [1.165, 1.54) is 15.9 Å². The van der Waals surface area contributed by atoms with Gasteiger partial charge in [0.15, 0.2) is 5.76 Å². The van der Waals surface area contributed by atoms with Crippen molar-refractivity contribution in [3.05, 3.63) is 81.3 Å². The Balaban J connectivity index is 1.70. The summed E-state index contributed by atoms with van der Waals surface area (Å²) in [6.45, 7) is 0. The normalized spacial score (nSPS) is 12.4. The highest BCUT2D eigenvalue weighted by atomic mass is 32.1. The zero-order chi connectivity index (χ0) is 16.8. The molecule has 5 rings (SSSR count). The van der Waals surface area contributed by atoms with Crippen molar-refractivity contribution >= 4 is 33.1 Å². The number of aromatic nitrogens is 3. The number of thiazole rings is 1. The van der Waals surface area contributed by atoms with Crippen molar-refractivity contribution in [1.82, 2.24) is 14.6 Å². The van der Waals surface area contributed by atoms with Crippen LogP contribution in [-0.4, -0.2) is 14.6 Å². The third kappa shape index (κ3) is 2.27. The largest absolute Gasteiger partial charge is 0.461 e. The van der Waals surface area contributed by atoms with Crippen molar-refractivity contribution in [2.24, 2.45) is 0 Å². The highest BCUT2D eigenvalue weighted by Gasteiger charge is 2.13. The van der Waals surface area contributed by atoms with Crippen LogP contribution in [-0.2, 0) is 0 Å². The first-order valence-electron chi connectivity index (χ1n) is 7.72. The molecule has 25 heavy (non-hydrogen) atoms. The van der Waals surface area contributed by atoms with Gasteiger partial charge in [0.25, 0.3) is 5.56 Å². The second-order valence-corrected chi connectivity index (χ2v) is 6.60. The van der Waals surface area contributed by atoms with Crippen LogP contribution < -0.4 is 10.1 Å². The van der Waals surface area contributed by atoms with Crippen LogP contribution in [0, 0.1) is 0 Å². The summed E-state index contributed by atoms with van der Waals surface area (Å²) < 4.78 is 7.23. The second-order valence-electron chi connectivity index (χ2n) is 5.59. The van der Waals surface area contributed by atoms with Gasteiger partial charge in [0.05, 0.1) is 10.8 Å². The quantitative estimate of drug-likeness (QED) is 0.493. The summed E-state index contributed by atoms with van der Waals surface area (Å²) in [5.41, 5.74) is 0.837. The van der Waals surface area contributed by atoms with Gasteiger partial charge in [0, 0.05) is 0 Å². The molecule has 0 saturated heterocycles. The first-order valence-corrected chi connectivity index (χ1v) is 8.54. The highest BCUT2D eigenvalue weighted by molar-refractivity contribution is 7.15. The summed E-state index contributed by atoms with van der Waals surface area (Å²) >= 11 is 1.33. The molecule has 0 spiro atoms. The molecule has 0 amide bonds. The van der Waals surface area contributed by atoms with E-state index in [1.807, 2.05) is 30.3 Å². The van der Waals surface area contributed by atoms with E-state index < -0.39 is 0 Å². The minimum atomic E-state index is -0.168. The Morgan fingerprint density at radius 3 is 2.76 bits per heavy atom. The number of hydrogen-bond donors (Lipinski definition) is 0. The van der Waals surface area contributed by atoms with Crippen LogP contribution >= 0.6 is 11.3 Å². The fourth-order valence-corrected chi connectivity index (χ4v) is 3.76. The van der Waals surface area contributed by atoms with Gasteiger partial charge >= 0.3 is 0 Å². The Bertz CT molecular complexity index is 1310. The molecule has 0 unspecified atom stereocenters. The zero-order valence-corrected chi connectivity index (χ0v) is 13.7. The molecule has 3 heterocycles. The molecule has 0 aliphatic carbocycles. The van der Waals surface area contributed by atoms with Crippen molar-refractivity contribution in [1.29, 1.82) is 0 Å². The molecule has 2 aromatic carbocycles. The first kappa shape index (κ1) is 14.1. The average Bonchev–Trinajstić information content (AvgIpc) is 3.34. The third-order valence-electron chi connectivity index (χ3n) is 4.03. The van der Waals surface area contributed by atoms with E-state index in [0.29, 0.717) is 21.1 Å². The van der Waals surface area contributed by atoms with Crippen LogP contribution in [0.3, 0.4) is 0 Å². The number of nitrogens with zero attached hydrogens (tertiary/aromatic N) is 3. The molecule has 0 N–H and O–H groups in total. The standard InChI is InChI=1S/C19H11N3O2S/c23-18-16(11-13-7-3-6-12-5-1-2-8-14(12)13)25-19-20-17(21-22(18)19)15-9-4-10-24-15/h1-11H/b16-11-. The maximum Gasteiger partial charge on any atom is 0.291 e. The summed E-state index contributed by atoms with van der Waals surface area (Å²) in [5, 5.41) is 6.52. The molecule has 0 bridgehead atoms. The lowest BCUT2D eigenvalue weighted by Gasteiger charge is -2.00. The van der Waals surface area contributed by atoms with Crippen molar-refractivity contribution in [2.45, 2.75) is 0 Å². The second kappa shape index (κ2) is 5.39. The molecule has 0 aliphatic rings. The lowest BCUT2D eigenvalue weighted by Crippen LogP contribution is -2.23. The SMILES string of the molecule is O=c1/c(=C/c2cccc3ccccc23)sc2nc(-c3ccco3)nn12. The third-order valence-corrected chi connectivity index (χ3v) is 4.99. The Morgan fingerprint density at radius 2 is 1.92 bits per heavy atom. The van der Waals surface area contributed by atoms with Gasteiger partial charge in [-0.3, -0.25) is 4.79 Å². The van der Waals surface area contributed by atoms with Gasteiger partial charge < -0.3 is 4.42 Å². The highest BCUT2D eigenvalue weighted by Crippen LogP contribution is 2.19. The molecule has 5 nitrogen and oxygen atoms in total. The molecule has 0 fully saturated rings. The van der Waals surface area contributed by atoms with Gasteiger partial charge in [-0.1, -0.05) is 53.8 Å². The molecule has 0 aliphatic heterocycles. The maximum atomic E-state index is 12.7. The van der Waals surface area contributed by atoms with Crippen molar-refractivity contribution in [3.8, 4) is 11.6 Å². The van der Waals surface area contributed by atoms with E-state index in [1.54, 1.807) is 18.4 Å². The van der Waals surface area contributed by atoms with E-state index in [2.05, 4.69) is 28.3 Å². The van der Waals surface area contributed by atoms with Gasteiger partial charge in [0.1, 0.15) is 0 Å². The van der Waals surface area contributed by atoms with Gasteiger partial charge in [0.2, 0.25) is 10.8 Å². The van der Waals surface area contributed by atoms with E-state index in [4.69, 9.17) is 4.42 Å². The first-order chi connectivity index (χ1) is 12.3. The lowest BCUT2D eigenvalue weighted by molar-refractivity contribution is 0.577. The number of rotatable bonds is 2. The fraction of sp³-hybridized carbons (Fsp3) is 0. The molecule has 6 heteroatoms. The number of benzene rings is 2. The van der Waals surface area contributed by atoms with E-state index in [-0.39, 0.29) is 5.56 Å². The zero-order valence-electron chi connectivity index (χ0n) is 12.9. The molecule has 0 atom stereocenters. The Hall–Kier alpha value is -3.25. The average molecular weight is 345 g/mol. The minimum absolute atomic E-state index is 0.168. The fourth-order valence-electron chi connectivity index (χ4n) is 2.86. The molecule has 5 aromatic rings. The van der Waals surface area contributed by atoms with Gasteiger partial charge in [-0.2, -0.15) is 9.50 Å². The molecule has 0 radical (unpaired) electrons. The van der Waals surface area contributed by atoms with Crippen LogP contribution in [0.15, 0.2) is 70.1 Å². The molecule has 0 saturated carbocycles. The van der Waals surface area contributed by atoms with Crippen molar-refractivity contribution in [3.63, 3.8) is 0 Å². The van der Waals surface area contributed by atoms with Crippen molar-refractivity contribution in [2.75, 3.05) is 0 Å². The maximum absolute atomic E-state index is 12.7. The smallest absolute Gasteiger partial charge is 0.291 e. The molecular formula is C19H11N3O2S. The predicted molar refractivity (Wildman–Crippen MR) is 97.6 cm³/mol. The van der Waals surface area contributed by atoms with Crippen LogP contribution in [0.4, 0.5) is 0 Å². The van der Waals surface area contributed by atoms with E-state index >= 15 is 0 Å². The lowest BCUT2D eigenvalue weighted by atomic mass is 10.0. The van der Waals surface area contributed by atoms with Crippen molar-refractivity contribution < 1.29 is 4.42 Å². The monoisotopic (exact) mass is 345 g/mol. The van der Waals surface area contributed by atoms with Crippen LogP contribution in [0.1, 0.15) is 5.56 Å². The summed E-state index contributed by atoms with van der Waals surface area (Å²) in [6.07, 6.45) is 3.46. The Kier molecular flexibility index (Phi) is 3.05. The van der Waals surface area contributed by atoms with E-state index in [0.717, 1.165) is 16.3 Å². The number of hydrogen-bond acceptors (Lipinski definition) is 5. The summed E-state index contributed by atoms with van der Waals surface area (Å²) in [7, 11) is 0. The summed E-state index contributed by atoms with van der Waals surface area (Å²) in [4.78, 5) is 17.6. The summed E-state index contributed by atoms with van der Waals surface area (Å²) in [5.74, 6) is 0.972. The van der Waals surface area contributed by atoms with Crippen LogP contribution in [0.2, 0.25) is 0 Å². The van der Waals surface area contributed by atoms with Gasteiger partial charge in [-0.25, -0.2) is 0 Å². The topological polar surface area (TPSA) is 60.4 Å². The van der Waals surface area contributed by atoms with E-state index in [9.17, 15) is 4.79 Å². The number of furan rings is 1. The predicted octanol–water partition coefficient (Wildman–Crippen LogP) is 3.11. The summed E-state index contributed by atoms with van der Waals surface area (Å²) in [6, 6.07) is 17.7. The molecule has 3 aromatic heterocycles.